The summed E-state index contributed by atoms with van der Waals surface area (Å²) < 4.78 is 0. The molecule has 0 aromatic carbocycles. The molecular weight excluding hydrogens is 264 g/mol. The largest absolute Gasteiger partial charge is 0.386 e. The fourth-order valence-electron chi connectivity index (χ4n) is 2.47. The lowest BCUT2D eigenvalue weighted by Crippen LogP contribution is -2.63. The molecule has 19 heavy (non-hydrogen) atoms. The van der Waals surface area contributed by atoms with E-state index in [1.54, 1.807) is 17.0 Å². The van der Waals surface area contributed by atoms with Gasteiger partial charge in [0, 0.05) is 11.3 Å². The van der Waals surface area contributed by atoms with Gasteiger partial charge >= 0.3 is 0 Å². The molecule has 1 aliphatic heterocycles. The van der Waals surface area contributed by atoms with Gasteiger partial charge in [-0.15, -0.1) is 0 Å². The second kappa shape index (κ2) is 5.47. The van der Waals surface area contributed by atoms with Crippen molar-refractivity contribution in [3.63, 3.8) is 0 Å². The second-order valence-corrected chi connectivity index (χ2v) is 5.55. The summed E-state index contributed by atoms with van der Waals surface area (Å²) >= 11 is 5.91. The lowest BCUT2D eigenvalue weighted by molar-refractivity contribution is -0.0860. The van der Waals surface area contributed by atoms with Crippen molar-refractivity contribution in [3.05, 3.63) is 28.5 Å². The zero-order valence-electron chi connectivity index (χ0n) is 11.3. The minimum atomic E-state index is -0.700. The molecule has 0 saturated carbocycles. The number of rotatable bonds is 4. The lowest BCUT2D eigenvalue weighted by Gasteiger charge is -2.46. The predicted octanol–water partition coefficient (Wildman–Crippen LogP) is 2.28. The van der Waals surface area contributed by atoms with Gasteiger partial charge in [0.2, 0.25) is 0 Å². The van der Waals surface area contributed by atoms with Crippen LogP contribution in [0.5, 0.6) is 0 Å². The first-order valence-corrected chi connectivity index (χ1v) is 7.03. The minimum Gasteiger partial charge on any atom is -0.386 e. The molecule has 1 N–H and O–H groups in total. The summed E-state index contributed by atoms with van der Waals surface area (Å²) in [5.74, 6) is -0.0835. The standard InChI is InChI=1S/C14H19ClN2O2/c1-3-5-14(19)8-17(9-14)13(18)10-6-11(4-2)16-12(15)7-10/h6-7,19H,3-5,8-9H2,1-2H3. The summed E-state index contributed by atoms with van der Waals surface area (Å²) in [6, 6.07) is 3.35. The third-order valence-corrected chi connectivity index (χ3v) is 3.62. The molecule has 1 aromatic heterocycles. The van der Waals surface area contributed by atoms with Crippen molar-refractivity contribution in [1.29, 1.82) is 0 Å². The summed E-state index contributed by atoms with van der Waals surface area (Å²) in [6.45, 7) is 4.80. The molecule has 0 bridgehead atoms. The van der Waals surface area contributed by atoms with Crippen molar-refractivity contribution < 1.29 is 9.90 Å². The highest BCUT2D eigenvalue weighted by Gasteiger charge is 2.42. The van der Waals surface area contributed by atoms with Gasteiger partial charge in [-0.05, 0) is 25.0 Å². The average molecular weight is 283 g/mol. The van der Waals surface area contributed by atoms with Gasteiger partial charge in [0.05, 0.1) is 18.7 Å². The maximum absolute atomic E-state index is 12.3. The van der Waals surface area contributed by atoms with E-state index in [9.17, 15) is 9.90 Å². The molecule has 104 valence electrons. The van der Waals surface area contributed by atoms with Crippen LogP contribution in [-0.2, 0) is 6.42 Å². The van der Waals surface area contributed by atoms with E-state index >= 15 is 0 Å². The van der Waals surface area contributed by atoms with Crippen LogP contribution in [0.15, 0.2) is 12.1 Å². The molecule has 1 saturated heterocycles. The molecule has 2 heterocycles. The maximum atomic E-state index is 12.3. The second-order valence-electron chi connectivity index (χ2n) is 5.16. The number of likely N-dealkylation sites (tertiary alicyclic amines) is 1. The number of aromatic nitrogens is 1. The third-order valence-electron chi connectivity index (χ3n) is 3.43. The summed E-state index contributed by atoms with van der Waals surface area (Å²) in [5.41, 5.74) is 0.657. The Morgan fingerprint density at radius 1 is 1.47 bits per heavy atom. The number of β-amino-alcohol motifs (C(OH)–C–C–N with tert-alkyl or cyclic N) is 1. The molecule has 0 radical (unpaired) electrons. The summed E-state index contributed by atoms with van der Waals surface area (Å²) in [7, 11) is 0. The van der Waals surface area contributed by atoms with E-state index in [4.69, 9.17) is 11.6 Å². The first kappa shape index (κ1) is 14.3. The van der Waals surface area contributed by atoms with Crippen LogP contribution in [-0.4, -0.2) is 39.6 Å². The number of pyridine rings is 1. The zero-order valence-corrected chi connectivity index (χ0v) is 12.1. The Labute approximate surface area is 118 Å². The van der Waals surface area contributed by atoms with Crippen molar-refractivity contribution in [2.45, 2.75) is 38.7 Å². The van der Waals surface area contributed by atoms with Crippen LogP contribution in [0.25, 0.3) is 0 Å². The zero-order chi connectivity index (χ0) is 14.0. The number of aryl methyl sites for hydroxylation is 1. The Morgan fingerprint density at radius 2 is 2.16 bits per heavy atom. The lowest BCUT2D eigenvalue weighted by atomic mass is 9.89. The SMILES string of the molecule is CCCC1(O)CN(C(=O)c2cc(Cl)nc(CC)c2)C1. The van der Waals surface area contributed by atoms with Gasteiger partial charge in [0.25, 0.3) is 5.91 Å². The average Bonchev–Trinajstić information content (AvgIpc) is 2.34. The monoisotopic (exact) mass is 282 g/mol. The first-order valence-electron chi connectivity index (χ1n) is 6.65. The molecule has 1 aromatic rings. The van der Waals surface area contributed by atoms with Crippen molar-refractivity contribution in [3.8, 4) is 0 Å². The molecule has 1 amide bonds. The number of hydrogen-bond donors (Lipinski definition) is 1. The van der Waals surface area contributed by atoms with Gasteiger partial charge in [-0.3, -0.25) is 4.79 Å². The van der Waals surface area contributed by atoms with E-state index in [0.29, 0.717) is 23.8 Å². The van der Waals surface area contributed by atoms with Gasteiger partial charge in [0.1, 0.15) is 5.15 Å². The molecule has 0 aliphatic carbocycles. The van der Waals surface area contributed by atoms with E-state index in [0.717, 1.165) is 25.0 Å². The summed E-state index contributed by atoms with van der Waals surface area (Å²) in [4.78, 5) is 18.1. The van der Waals surface area contributed by atoms with Gasteiger partial charge in [-0.2, -0.15) is 0 Å². The van der Waals surface area contributed by atoms with E-state index in [2.05, 4.69) is 4.98 Å². The van der Waals surface area contributed by atoms with Crippen molar-refractivity contribution in [2.24, 2.45) is 0 Å². The summed E-state index contributed by atoms with van der Waals surface area (Å²) in [5, 5.41) is 10.4. The molecule has 0 spiro atoms. The number of aliphatic hydroxyl groups is 1. The number of hydrogen-bond acceptors (Lipinski definition) is 3. The van der Waals surface area contributed by atoms with Crippen molar-refractivity contribution >= 4 is 17.5 Å². The highest BCUT2D eigenvalue weighted by Crippen LogP contribution is 2.27. The van der Waals surface area contributed by atoms with Gasteiger partial charge in [-0.25, -0.2) is 4.98 Å². The molecule has 1 aliphatic rings. The fourth-order valence-corrected chi connectivity index (χ4v) is 2.70. The fraction of sp³-hybridized carbons (Fsp3) is 0.571. The quantitative estimate of drug-likeness (QED) is 0.862. The normalized spacial score (nSPS) is 17.2. The molecule has 0 unspecified atom stereocenters. The van der Waals surface area contributed by atoms with Crippen molar-refractivity contribution in [1.82, 2.24) is 9.88 Å². The van der Waals surface area contributed by atoms with Crippen LogP contribution < -0.4 is 0 Å². The number of halogens is 1. The number of amides is 1. The van der Waals surface area contributed by atoms with E-state index in [1.165, 1.54) is 0 Å². The molecule has 1 fully saturated rings. The molecule has 2 rings (SSSR count). The highest BCUT2D eigenvalue weighted by atomic mass is 35.5. The van der Waals surface area contributed by atoms with Gasteiger partial charge in [-0.1, -0.05) is 31.9 Å². The number of nitrogens with zero attached hydrogens (tertiary/aromatic N) is 2. The van der Waals surface area contributed by atoms with E-state index < -0.39 is 5.60 Å². The smallest absolute Gasteiger partial charge is 0.254 e. The van der Waals surface area contributed by atoms with E-state index in [1.807, 2.05) is 13.8 Å². The van der Waals surface area contributed by atoms with Crippen LogP contribution in [0.2, 0.25) is 5.15 Å². The Hall–Kier alpha value is -1.13. The number of carbonyl (C=O) groups is 1. The van der Waals surface area contributed by atoms with Crippen molar-refractivity contribution in [2.75, 3.05) is 13.1 Å². The molecule has 4 nitrogen and oxygen atoms in total. The minimum absolute atomic E-state index is 0.0835. The first-order chi connectivity index (χ1) is 8.97. The van der Waals surface area contributed by atoms with Crippen LogP contribution in [0, 0.1) is 0 Å². The Kier molecular flexibility index (Phi) is 4.11. The van der Waals surface area contributed by atoms with E-state index in [-0.39, 0.29) is 5.91 Å². The Balaban J connectivity index is 2.08. The van der Waals surface area contributed by atoms with Crippen LogP contribution in [0.3, 0.4) is 0 Å². The third kappa shape index (κ3) is 3.07. The van der Waals surface area contributed by atoms with Crippen LogP contribution >= 0.6 is 11.6 Å². The Morgan fingerprint density at radius 3 is 2.74 bits per heavy atom. The van der Waals surface area contributed by atoms with Crippen LogP contribution in [0.1, 0.15) is 42.7 Å². The molecular formula is C14H19ClN2O2. The van der Waals surface area contributed by atoms with Gasteiger partial charge in [0.15, 0.2) is 0 Å². The molecule has 0 atom stereocenters. The topological polar surface area (TPSA) is 53.4 Å². The molecule has 5 heteroatoms. The predicted molar refractivity (Wildman–Crippen MR) is 74.4 cm³/mol. The number of carbonyl (C=O) groups excluding carboxylic acids is 1. The van der Waals surface area contributed by atoms with Gasteiger partial charge < -0.3 is 10.0 Å². The maximum Gasteiger partial charge on any atom is 0.254 e. The Bertz CT molecular complexity index is 484. The van der Waals surface area contributed by atoms with Crippen LogP contribution in [0.4, 0.5) is 0 Å². The summed E-state index contributed by atoms with van der Waals surface area (Å²) in [6.07, 6.45) is 2.38. The highest BCUT2D eigenvalue weighted by molar-refractivity contribution is 6.29.